The van der Waals surface area contributed by atoms with Crippen molar-refractivity contribution in [2.24, 2.45) is 0 Å². The Balaban J connectivity index is 1.93. The second-order valence-electron chi connectivity index (χ2n) is 5.29. The minimum absolute atomic E-state index is 0.0334. The van der Waals surface area contributed by atoms with E-state index in [4.69, 9.17) is 11.6 Å². The van der Waals surface area contributed by atoms with E-state index in [-0.39, 0.29) is 30.8 Å². The lowest BCUT2D eigenvalue weighted by atomic mass is 10.2. The highest BCUT2D eigenvalue weighted by molar-refractivity contribution is 6.31. The number of nitrogens with one attached hydrogen (secondary N) is 1. The molecule has 1 aliphatic rings. The highest BCUT2D eigenvalue weighted by Crippen LogP contribution is 2.20. The van der Waals surface area contributed by atoms with E-state index in [2.05, 4.69) is 11.9 Å². The zero-order valence-corrected chi connectivity index (χ0v) is 13.6. The van der Waals surface area contributed by atoms with E-state index >= 15 is 0 Å². The van der Waals surface area contributed by atoms with Gasteiger partial charge in [0.15, 0.2) is 0 Å². The minimum atomic E-state index is -0.299. The van der Waals surface area contributed by atoms with Crippen molar-refractivity contribution in [2.45, 2.75) is 6.92 Å². The number of rotatable bonds is 4. The van der Waals surface area contributed by atoms with Gasteiger partial charge in [-0.15, -0.1) is 0 Å². The van der Waals surface area contributed by atoms with Gasteiger partial charge in [-0.25, -0.2) is 0 Å². The molecule has 1 aliphatic heterocycles. The Morgan fingerprint density at radius 2 is 2.13 bits per heavy atom. The van der Waals surface area contributed by atoms with E-state index in [1.165, 1.54) is 15.9 Å². The highest BCUT2D eigenvalue weighted by Gasteiger charge is 2.27. The zero-order valence-electron chi connectivity index (χ0n) is 12.8. The number of hydrogen-bond acceptors (Lipinski definition) is 3. The molecule has 23 heavy (non-hydrogen) atoms. The fourth-order valence-electron chi connectivity index (χ4n) is 2.28. The van der Waals surface area contributed by atoms with Crippen LogP contribution in [-0.4, -0.2) is 53.7 Å². The summed E-state index contributed by atoms with van der Waals surface area (Å²) in [6.45, 7) is 5.88. The first-order valence-electron chi connectivity index (χ1n) is 7.16. The van der Waals surface area contributed by atoms with Gasteiger partial charge >= 0.3 is 0 Å². The van der Waals surface area contributed by atoms with Crippen LogP contribution in [0.3, 0.4) is 0 Å². The normalized spacial score (nSPS) is 14.6. The predicted molar refractivity (Wildman–Crippen MR) is 88.2 cm³/mol. The van der Waals surface area contributed by atoms with Gasteiger partial charge in [0.1, 0.15) is 6.54 Å². The van der Waals surface area contributed by atoms with Gasteiger partial charge in [-0.1, -0.05) is 24.2 Å². The summed E-state index contributed by atoms with van der Waals surface area (Å²) in [6, 6.07) is 5.21. The molecule has 1 saturated heterocycles. The third-order valence-electron chi connectivity index (χ3n) is 3.61. The summed E-state index contributed by atoms with van der Waals surface area (Å²) in [5.41, 5.74) is 1.51. The third kappa shape index (κ3) is 4.32. The van der Waals surface area contributed by atoms with Crippen molar-refractivity contribution in [3.05, 3.63) is 41.4 Å². The molecule has 0 saturated carbocycles. The number of benzene rings is 1. The maximum atomic E-state index is 12.1. The van der Waals surface area contributed by atoms with E-state index in [1.54, 1.807) is 12.1 Å². The number of amides is 3. The molecule has 7 heteroatoms. The molecular formula is C16H18ClN3O3. The standard InChI is InChI=1S/C16H18ClN3O3/c1-3-15(22)20-7-6-19(16(23)10-20)9-14(21)18-13-8-12(17)5-4-11(13)2/h3-5,8H,1,6-7,9-10H2,2H3,(H,18,21). The summed E-state index contributed by atoms with van der Waals surface area (Å²) in [5.74, 6) is -0.839. The summed E-state index contributed by atoms with van der Waals surface area (Å²) in [5, 5.41) is 3.28. The summed E-state index contributed by atoms with van der Waals surface area (Å²) in [4.78, 5) is 38.5. The van der Waals surface area contributed by atoms with Crippen molar-refractivity contribution in [3.8, 4) is 0 Å². The van der Waals surface area contributed by atoms with Crippen LogP contribution in [0.5, 0.6) is 0 Å². The van der Waals surface area contributed by atoms with E-state index in [9.17, 15) is 14.4 Å². The van der Waals surface area contributed by atoms with Crippen molar-refractivity contribution in [2.75, 3.05) is 31.5 Å². The molecule has 1 aromatic rings. The lowest BCUT2D eigenvalue weighted by molar-refractivity contribution is -0.144. The van der Waals surface area contributed by atoms with Gasteiger partial charge in [0.25, 0.3) is 0 Å². The van der Waals surface area contributed by atoms with E-state index in [0.717, 1.165) is 5.56 Å². The molecule has 3 amide bonds. The first-order valence-corrected chi connectivity index (χ1v) is 7.53. The number of piperazine rings is 1. The van der Waals surface area contributed by atoms with Crippen molar-refractivity contribution in [1.82, 2.24) is 9.80 Å². The summed E-state index contributed by atoms with van der Waals surface area (Å²) in [6.07, 6.45) is 1.18. The quantitative estimate of drug-likeness (QED) is 0.847. The number of halogens is 1. The summed E-state index contributed by atoms with van der Waals surface area (Å²) < 4.78 is 0. The Hall–Kier alpha value is -2.34. The van der Waals surface area contributed by atoms with Gasteiger partial charge < -0.3 is 15.1 Å². The Morgan fingerprint density at radius 3 is 2.78 bits per heavy atom. The monoisotopic (exact) mass is 335 g/mol. The topological polar surface area (TPSA) is 69.7 Å². The molecule has 0 unspecified atom stereocenters. The predicted octanol–water partition coefficient (Wildman–Crippen LogP) is 1.44. The Morgan fingerprint density at radius 1 is 1.39 bits per heavy atom. The van der Waals surface area contributed by atoms with E-state index in [0.29, 0.717) is 23.8 Å². The van der Waals surface area contributed by atoms with Crippen molar-refractivity contribution in [1.29, 1.82) is 0 Å². The second-order valence-corrected chi connectivity index (χ2v) is 5.72. The first kappa shape index (κ1) is 17.0. The molecule has 0 bridgehead atoms. The molecule has 1 fully saturated rings. The molecule has 0 aromatic heterocycles. The maximum absolute atomic E-state index is 12.1. The van der Waals surface area contributed by atoms with E-state index in [1.807, 2.05) is 13.0 Å². The van der Waals surface area contributed by atoms with Crippen LogP contribution in [0.1, 0.15) is 5.56 Å². The number of hydrogen-bond donors (Lipinski definition) is 1. The van der Waals surface area contributed by atoms with Crippen LogP contribution in [-0.2, 0) is 14.4 Å². The molecule has 1 aromatic carbocycles. The van der Waals surface area contributed by atoms with Crippen LogP contribution in [0.25, 0.3) is 0 Å². The molecule has 0 radical (unpaired) electrons. The van der Waals surface area contributed by atoms with Crippen LogP contribution in [0.2, 0.25) is 5.02 Å². The van der Waals surface area contributed by atoms with E-state index < -0.39 is 0 Å². The Bertz CT molecular complexity index is 660. The van der Waals surface area contributed by atoms with Crippen LogP contribution in [0.4, 0.5) is 5.69 Å². The first-order chi connectivity index (χ1) is 10.9. The third-order valence-corrected chi connectivity index (χ3v) is 3.85. The van der Waals surface area contributed by atoms with Crippen molar-refractivity contribution < 1.29 is 14.4 Å². The van der Waals surface area contributed by atoms with Gasteiger partial charge in [-0.3, -0.25) is 14.4 Å². The fraction of sp³-hybridized carbons (Fsp3) is 0.312. The van der Waals surface area contributed by atoms with Gasteiger partial charge in [0, 0.05) is 23.8 Å². The number of anilines is 1. The van der Waals surface area contributed by atoms with Crippen LogP contribution in [0, 0.1) is 6.92 Å². The zero-order chi connectivity index (χ0) is 17.0. The minimum Gasteiger partial charge on any atom is -0.330 e. The SMILES string of the molecule is C=CC(=O)N1CCN(CC(=O)Nc2cc(Cl)ccc2C)C(=O)C1. The maximum Gasteiger partial charge on any atom is 0.246 e. The molecule has 2 rings (SSSR count). The van der Waals surface area contributed by atoms with Gasteiger partial charge in [0.2, 0.25) is 17.7 Å². The largest absolute Gasteiger partial charge is 0.330 e. The van der Waals surface area contributed by atoms with Gasteiger partial charge in [-0.05, 0) is 30.7 Å². The number of carbonyl (C=O) groups is 3. The highest BCUT2D eigenvalue weighted by atomic mass is 35.5. The number of nitrogens with zero attached hydrogens (tertiary/aromatic N) is 2. The molecular weight excluding hydrogens is 318 g/mol. The van der Waals surface area contributed by atoms with Crippen LogP contribution < -0.4 is 5.32 Å². The molecule has 0 atom stereocenters. The average molecular weight is 336 g/mol. The van der Waals surface area contributed by atoms with Gasteiger partial charge in [-0.2, -0.15) is 0 Å². The smallest absolute Gasteiger partial charge is 0.246 e. The lowest BCUT2D eigenvalue weighted by Crippen LogP contribution is -2.53. The summed E-state index contributed by atoms with van der Waals surface area (Å²) >= 11 is 5.91. The van der Waals surface area contributed by atoms with Crippen LogP contribution in [0.15, 0.2) is 30.9 Å². The number of aryl methyl sites for hydroxylation is 1. The molecule has 0 aliphatic carbocycles. The Labute approximate surface area is 139 Å². The average Bonchev–Trinajstić information content (AvgIpc) is 2.52. The second kappa shape index (κ2) is 7.28. The van der Waals surface area contributed by atoms with Gasteiger partial charge in [0.05, 0.1) is 6.54 Å². The number of carbonyl (C=O) groups excluding carboxylic acids is 3. The van der Waals surface area contributed by atoms with Crippen molar-refractivity contribution >= 4 is 35.0 Å². The molecule has 1 N–H and O–H groups in total. The van der Waals surface area contributed by atoms with Crippen molar-refractivity contribution in [3.63, 3.8) is 0 Å². The Kier molecular flexibility index (Phi) is 5.39. The van der Waals surface area contributed by atoms with Crippen LogP contribution >= 0.6 is 11.6 Å². The summed E-state index contributed by atoms with van der Waals surface area (Å²) in [7, 11) is 0. The molecule has 1 heterocycles. The lowest BCUT2D eigenvalue weighted by Gasteiger charge is -2.33. The molecule has 122 valence electrons. The fourth-order valence-corrected chi connectivity index (χ4v) is 2.46. The molecule has 0 spiro atoms. The molecule has 6 nitrogen and oxygen atoms in total.